The van der Waals surface area contributed by atoms with Crippen molar-refractivity contribution >= 4 is 28.7 Å². The van der Waals surface area contributed by atoms with E-state index >= 15 is 0 Å². The third-order valence-electron chi connectivity index (χ3n) is 6.21. The topological polar surface area (TPSA) is 94.3 Å². The molecular weight excluding hydrogens is 392 g/mol. The van der Waals surface area contributed by atoms with Gasteiger partial charge < -0.3 is 15.6 Å². The lowest BCUT2D eigenvalue weighted by Crippen LogP contribution is -2.42. The van der Waals surface area contributed by atoms with Crippen molar-refractivity contribution in [2.75, 3.05) is 6.54 Å². The van der Waals surface area contributed by atoms with Gasteiger partial charge in [-0.15, -0.1) is 0 Å². The summed E-state index contributed by atoms with van der Waals surface area (Å²) in [6.45, 7) is -0.270. The molecule has 4 amide bonds. The average Bonchev–Trinajstić information content (AvgIpc) is 3.30. The molecule has 5 rings (SSSR count). The molecule has 31 heavy (non-hydrogen) atoms. The number of urea groups is 1. The minimum atomic E-state index is -0.671. The molecule has 2 aliphatic rings. The maximum atomic E-state index is 12.9. The zero-order valence-electron chi connectivity index (χ0n) is 17.1. The second kappa shape index (κ2) is 7.91. The summed E-state index contributed by atoms with van der Waals surface area (Å²) in [6.07, 6.45) is 5.09. The van der Waals surface area contributed by atoms with E-state index in [9.17, 15) is 14.4 Å². The van der Waals surface area contributed by atoms with Gasteiger partial charge in [-0.25, -0.2) is 4.79 Å². The first kappa shape index (κ1) is 19.4. The van der Waals surface area contributed by atoms with E-state index in [1.807, 2.05) is 48.7 Å². The predicted octanol–water partition coefficient (Wildman–Crippen LogP) is 2.82. The summed E-state index contributed by atoms with van der Waals surface area (Å²) in [5, 5.41) is 6.76. The van der Waals surface area contributed by atoms with Gasteiger partial charge in [0.1, 0.15) is 12.6 Å². The van der Waals surface area contributed by atoms with Gasteiger partial charge in [0.25, 0.3) is 5.91 Å². The van der Waals surface area contributed by atoms with Crippen LogP contribution in [0.5, 0.6) is 0 Å². The maximum absolute atomic E-state index is 12.9. The molecule has 1 saturated heterocycles. The van der Waals surface area contributed by atoms with Crippen LogP contribution in [0.4, 0.5) is 4.79 Å². The quantitative estimate of drug-likeness (QED) is 0.558. The maximum Gasteiger partial charge on any atom is 0.325 e. The second-order valence-electron chi connectivity index (χ2n) is 8.20. The molecule has 7 heteroatoms. The fourth-order valence-corrected chi connectivity index (χ4v) is 4.67. The molecule has 1 fully saturated rings. The molecular formula is C24H24N4O3. The van der Waals surface area contributed by atoms with E-state index in [-0.39, 0.29) is 24.4 Å². The highest BCUT2D eigenvalue weighted by Gasteiger charge is 2.39. The fourth-order valence-electron chi connectivity index (χ4n) is 4.67. The van der Waals surface area contributed by atoms with Crippen molar-refractivity contribution in [3.8, 4) is 0 Å². The number of amides is 4. The molecule has 1 aliphatic heterocycles. The number of nitrogens with one attached hydrogen (secondary N) is 3. The molecule has 7 nitrogen and oxygen atoms in total. The van der Waals surface area contributed by atoms with Crippen LogP contribution in [-0.2, 0) is 22.4 Å². The molecule has 1 aromatic heterocycles. The minimum absolute atomic E-state index is 0.0831. The van der Waals surface area contributed by atoms with Crippen LogP contribution >= 0.6 is 0 Å². The first-order valence-corrected chi connectivity index (χ1v) is 10.6. The number of carbonyl (C=O) groups is 3. The summed E-state index contributed by atoms with van der Waals surface area (Å²) in [5.41, 5.74) is 4.31. The summed E-state index contributed by atoms with van der Waals surface area (Å²) < 4.78 is 0. The molecule has 0 bridgehead atoms. The van der Waals surface area contributed by atoms with Crippen molar-refractivity contribution in [2.24, 2.45) is 0 Å². The first-order valence-electron chi connectivity index (χ1n) is 10.6. The number of rotatable bonds is 5. The Morgan fingerprint density at radius 1 is 1.10 bits per heavy atom. The van der Waals surface area contributed by atoms with E-state index in [0.29, 0.717) is 6.42 Å². The number of hydrogen-bond donors (Lipinski definition) is 3. The number of carbonyl (C=O) groups excluding carboxylic acids is 3. The summed E-state index contributed by atoms with van der Waals surface area (Å²) >= 11 is 0. The van der Waals surface area contributed by atoms with E-state index in [2.05, 4.69) is 21.7 Å². The van der Waals surface area contributed by atoms with E-state index in [1.54, 1.807) is 0 Å². The number of aromatic amines is 1. The Bertz CT molecular complexity index is 1170. The van der Waals surface area contributed by atoms with Gasteiger partial charge in [-0.2, -0.15) is 0 Å². The fraction of sp³-hybridized carbons (Fsp3) is 0.292. The Labute approximate surface area is 179 Å². The second-order valence-corrected chi connectivity index (χ2v) is 8.20. The Kier molecular flexibility index (Phi) is 4.94. The molecule has 1 aliphatic carbocycles. The number of H-pyrrole nitrogens is 1. The summed E-state index contributed by atoms with van der Waals surface area (Å²) in [4.78, 5) is 42.2. The summed E-state index contributed by atoms with van der Waals surface area (Å²) in [6, 6.07) is 14.6. The van der Waals surface area contributed by atoms with Crippen LogP contribution in [0.15, 0.2) is 54.7 Å². The van der Waals surface area contributed by atoms with Crippen molar-refractivity contribution in [2.45, 2.75) is 37.8 Å². The van der Waals surface area contributed by atoms with Crippen LogP contribution < -0.4 is 10.6 Å². The van der Waals surface area contributed by atoms with E-state index in [1.165, 1.54) is 5.56 Å². The molecule has 2 atom stereocenters. The number of hydrogen-bond acceptors (Lipinski definition) is 3. The molecule has 0 spiro atoms. The lowest BCUT2D eigenvalue weighted by molar-refractivity contribution is -0.132. The van der Waals surface area contributed by atoms with E-state index < -0.39 is 12.1 Å². The lowest BCUT2D eigenvalue weighted by atomic mass is 9.88. The van der Waals surface area contributed by atoms with Crippen LogP contribution in [-0.4, -0.2) is 40.3 Å². The zero-order chi connectivity index (χ0) is 21.4. The van der Waals surface area contributed by atoms with Gasteiger partial charge in [-0.05, 0) is 42.0 Å². The third kappa shape index (κ3) is 3.67. The van der Waals surface area contributed by atoms with Gasteiger partial charge in [-0.3, -0.25) is 14.5 Å². The van der Waals surface area contributed by atoms with Crippen molar-refractivity contribution in [1.82, 2.24) is 20.5 Å². The van der Waals surface area contributed by atoms with Gasteiger partial charge >= 0.3 is 6.03 Å². The molecule has 158 valence electrons. The van der Waals surface area contributed by atoms with E-state index in [0.717, 1.165) is 46.2 Å². The molecule has 0 saturated carbocycles. The molecule has 3 N–H and O–H groups in total. The Morgan fingerprint density at radius 2 is 1.90 bits per heavy atom. The lowest BCUT2D eigenvalue weighted by Gasteiger charge is -2.27. The molecule has 2 aromatic carbocycles. The Balaban J connectivity index is 1.24. The van der Waals surface area contributed by atoms with Crippen LogP contribution in [0.3, 0.4) is 0 Å². The summed E-state index contributed by atoms with van der Waals surface area (Å²) in [5.74, 6) is -0.688. The van der Waals surface area contributed by atoms with E-state index in [4.69, 9.17) is 0 Å². The van der Waals surface area contributed by atoms with Gasteiger partial charge in [0.05, 0.1) is 6.04 Å². The number of aryl methyl sites for hydroxylation is 1. The Morgan fingerprint density at radius 3 is 2.81 bits per heavy atom. The van der Waals surface area contributed by atoms with Crippen LogP contribution in [0.25, 0.3) is 10.9 Å². The molecule has 2 heterocycles. The predicted molar refractivity (Wildman–Crippen MR) is 116 cm³/mol. The van der Waals surface area contributed by atoms with Crippen molar-refractivity contribution in [3.05, 3.63) is 71.4 Å². The van der Waals surface area contributed by atoms with Gasteiger partial charge in [0, 0.05) is 23.5 Å². The number of para-hydroxylation sites is 1. The highest BCUT2D eigenvalue weighted by Crippen LogP contribution is 2.29. The van der Waals surface area contributed by atoms with Gasteiger partial charge in [0.2, 0.25) is 5.91 Å². The summed E-state index contributed by atoms with van der Waals surface area (Å²) in [7, 11) is 0. The normalized spacial score (nSPS) is 20.6. The molecule has 0 unspecified atom stereocenters. The first-order chi connectivity index (χ1) is 15.1. The molecule has 0 radical (unpaired) electrons. The Hall–Kier alpha value is -3.61. The van der Waals surface area contributed by atoms with Gasteiger partial charge in [-0.1, -0.05) is 42.5 Å². The number of benzene rings is 2. The zero-order valence-corrected chi connectivity index (χ0v) is 17.1. The van der Waals surface area contributed by atoms with Crippen molar-refractivity contribution in [3.63, 3.8) is 0 Å². The highest BCUT2D eigenvalue weighted by molar-refractivity contribution is 6.06. The monoisotopic (exact) mass is 416 g/mol. The highest BCUT2D eigenvalue weighted by atomic mass is 16.2. The van der Waals surface area contributed by atoms with Crippen molar-refractivity contribution in [1.29, 1.82) is 0 Å². The molecule has 3 aromatic rings. The van der Waals surface area contributed by atoms with Crippen LogP contribution in [0, 0.1) is 0 Å². The van der Waals surface area contributed by atoms with Gasteiger partial charge in [0.15, 0.2) is 0 Å². The van der Waals surface area contributed by atoms with Crippen molar-refractivity contribution < 1.29 is 14.4 Å². The largest absolute Gasteiger partial charge is 0.361 e. The number of fused-ring (bicyclic) bond motifs is 2. The standard InChI is InChI=1S/C24H24N4O3/c29-22(26-20-11-5-7-15-6-1-2-8-17(15)20)14-28-23(30)21(27-24(28)31)12-16-13-25-19-10-4-3-9-18(16)19/h1-4,6,8-10,13,20-21,25H,5,7,11-12,14H2,(H,26,29)(H,27,31)/t20-,21-/m0/s1. The average molecular weight is 416 g/mol. The number of aromatic nitrogens is 1. The third-order valence-corrected chi connectivity index (χ3v) is 6.21. The smallest absolute Gasteiger partial charge is 0.325 e. The number of imide groups is 1. The SMILES string of the molecule is O=C(CN1C(=O)N[C@@H](Cc2c[nH]c3ccccc23)C1=O)N[C@H]1CCCc2ccccc21. The number of nitrogens with zero attached hydrogens (tertiary/aromatic N) is 1. The van der Waals surface area contributed by atoms with Crippen LogP contribution in [0.2, 0.25) is 0 Å². The van der Waals surface area contributed by atoms with Crippen LogP contribution in [0.1, 0.15) is 35.6 Å². The minimum Gasteiger partial charge on any atom is -0.361 e.